The minimum atomic E-state index is -0.156. The van der Waals surface area contributed by atoms with Crippen LogP contribution in [0.5, 0.6) is 5.75 Å². The van der Waals surface area contributed by atoms with Gasteiger partial charge in [0, 0.05) is 24.5 Å². The third-order valence-electron chi connectivity index (χ3n) is 5.66. The number of aromatic nitrogens is 3. The predicted octanol–water partition coefficient (Wildman–Crippen LogP) is 3.64. The molecule has 2 aromatic carbocycles. The Balaban J connectivity index is 1.34. The van der Waals surface area contributed by atoms with Crippen LogP contribution in [0, 0.1) is 0 Å². The fraction of sp³-hybridized carbons (Fsp3) is 0.115. The zero-order valence-corrected chi connectivity index (χ0v) is 18.1. The standard InChI is InChI=1S/C26H22N4O3/c1-33-21-12-8-18(9-13-21)16-28-25(31)20-10-6-19(7-11-20)17-30-24-22(4-2-14-27-24)29-15-3-5-23(29)26(30)32/h2-15H,16-17H2,1H3,(H,28,31). The number of benzene rings is 2. The molecule has 0 saturated carbocycles. The first-order chi connectivity index (χ1) is 16.1. The van der Waals surface area contributed by atoms with Gasteiger partial charge in [-0.1, -0.05) is 24.3 Å². The number of ether oxygens (including phenoxy) is 1. The molecular weight excluding hydrogens is 416 g/mol. The molecule has 0 aliphatic heterocycles. The van der Waals surface area contributed by atoms with Crippen molar-refractivity contribution in [1.29, 1.82) is 0 Å². The number of fused-ring (bicyclic) bond motifs is 3. The van der Waals surface area contributed by atoms with Gasteiger partial charge in [0.25, 0.3) is 11.5 Å². The van der Waals surface area contributed by atoms with Gasteiger partial charge in [0.1, 0.15) is 11.3 Å². The summed E-state index contributed by atoms with van der Waals surface area (Å²) in [6.45, 7) is 0.788. The topological polar surface area (TPSA) is 77.6 Å². The molecule has 0 spiro atoms. The lowest BCUT2D eigenvalue weighted by Gasteiger charge is -2.12. The number of hydrogen-bond donors (Lipinski definition) is 1. The fourth-order valence-electron chi connectivity index (χ4n) is 3.90. The summed E-state index contributed by atoms with van der Waals surface area (Å²) in [5.41, 5.74) is 4.44. The van der Waals surface area contributed by atoms with Crippen LogP contribution in [0.2, 0.25) is 0 Å². The normalized spacial score (nSPS) is 11.1. The van der Waals surface area contributed by atoms with Gasteiger partial charge in [-0.3, -0.25) is 14.2 Å². The fourth-order valence-corrected chi connectivity index (χ4v) is 3.90. The number of amides is 1. The van der Waals surface area contributed by atoms with Crippen molar-refractivity contribution in [2.75, 3.05) is 7.11 Å². The summed E-state index contributed by atoms with van der Waals surface area (Å²) >= 11 is 0. The minimum Gasteiger partial charge on any atom is -0.497 e. The zero-order chi connectivity index (χ0) is 22.8. The van der Waals surface area contributed by atoms with Crippen LogP contribution in [-0.2, 0) is 13.1 Å². The van der Waals surface area contributed by atoms with Crippen LogP contribution >= 0.6 is 0 Å². The number of rotatable bonds is 6. The van der Waals surface area contributed by atoms with Gasteiger partial charge < -0.3 is 14.5 Å². The van der Waals surface area contributed by atoms with Gasteiger partial charge in [-0.05, 0) is 59.7 Å². The van der Waals surface area contributed by atoms with E-state index in [4.69, 9.17) is 4.74 Å². The molecule has 3 heterocycles. The number of carbonyl (C=O) groups excluding carboxylic acids is 1. The molecule has 0 saturated heterocycles. The lowest BCUT2D eigenvalue weighted by molar-refractivity contribution is 0.0951. The molecule has 0 atom stereocenters. The van der Waals surface area contributed by atoms with Gasteiger partial charge >= 0.3 is 0 Å². The molecule has 0 bridgehead atoms. The SMILES string of the molecule is COc1ccc(CNC(=O)c2ccc(Cn3c(=O)c4cccn4c4cccnc43)cc2)cc1. The molecule has 0 aliphatic rings. The molecule has 5 aromatic rings. The van der Waals surface area contributed by atoms with Crippen LogP contribution in [0.25, 0.3) is 16.7 Å². The van der Waals surface area contributed by atoms with E-state index in [-0.39, 0.29) is 11.5 Å². The van der Waals surface area contributed by atoms with E-state index in [2.05, 4.69) is 10.3 Å². The van der Waals surface area contributed by atoms with Crippen molar-refractivity contribution in [3.63, 3.8) is 0 Å². The maximum absolute atomic E-state index is 13.1. The summed E-state index contributed by atoms with van der Waals surface area (Å²) in [6.07, 6.45) is 3.55. The van der Waals surface area contributed by atoms with E-state index in [0.717, 1.165) is 22.4 Å². The molecule has 33 heavy (non-hydrogen) atoms. The maximum Gasteiger partial charge on any atom is 0.276 e. The smallest absolute Gasteiger partial charge is 0.276 e. The van der Waals surface area contributed by atoms with E-state index in [1.165, 1.54) is 0 Å². The highest BCUT2D eigenvalue weighted by Crippen LogP contribution is 2.15. The van der Waals surface area contributed by atoms with Crippen LogP contribution in [-0.4, -0.2) is 27.0 Å². The molecule has 1 N–H and O–H groups in total. The second-order valence-corrected chi connectivity index (χ2v) is 7.73. The Bertz CT molecular complexity index is 1500. The quantitative estimate of drug-likeness (QED) is 0.439. The number of hydrogen-bond acceptors (Lipinski definition) is 4. The monoisotopic (exact) mass is 438 g/mol. The summed E-state index contributed by atoms with van der Waals surface area (Å²) in [5, 5.41) is 2.92. The molecule has 0 unspecified atom stereocenters. The summed E-state index contributed by atoms with van der Waals surface area (Å²) in [7, 11) is 1.62. The second-order valence-electron chi connectivity index (χ2n) is 7.73. The molecule has 164 valence electrons. The van der Waals surface area contributed by atoms with Gasteiger partial charge in [-0.2, -0.15) is 0 Å². The van der Waals surface area contributed by atoms with Gasteiger partial charge in [-0.25, -0.2) is 4.98 Å². The largest absolute Gasteiger partial charge is 0.497 e. The van der Waals surface area contributed by atoms with E-state index in [1.54, 1.807) is 30.0 Å². The lowest BCUT2D eigenvalue weighted by Crippen LogP contribution is -2.24. The first kappa shape index (κ1) is 20.5. The second kappa shape index (κ2) is 8.63. The molecule has 7 heteroatoms. The third kappa shape index (κ3) is 3.96. The summed E-state index contributed by atoms with van der Waals surface area (Å²) in [4.78, 5) is 30.1. The molecule has 1 amide bonds. The molecular formula is C26H22N4O3. The van der Waals surface area contributed by atoms with Gasteiger partial charge in [0.15, 0.2) is 5.65 Å². The van der Waals surface area contributed by atoms with Crippen molar-refractivity contribution in [1.82, 2.24) is 19.3 Å². The van der Waals surface area contributed by atoms with Crippen molar-refractivity contribution in [2.45, 2.75) is 13.1 Å². The molecule has 0 aliphatic carbocycles. The van der Waals surface area contributed by atoms with Crippen LogP contribution < -0.4 is 15.6 Å². The van der Waals surface area contributed by atoms with Crippen LogP contribution in [0.1, 0.15) is 21.5 Å². The van der Waals surface area contributed by atoms with E-state index in [1.807, 2.05) is 71.3 Å². The minimum absolute atomic E-state index is 0.104. The van der Waals surface area contributed by atoms with Crippen LogP contribution in [0.15, 0.2) is 90.0 Å². The van der Waals surface area contributed by atoms with E-state index >= 15 is 0 Å². The number of carbonyl (C=O) groups is 1. The number of nitrogens with one attached hydrogen (secondary N) is 1. The average molecular weight is 438 g/mol. The van der Waals surface area contributed by atoms with Crippen molar-refractivity contribution < 1.29 is 9.53 Å². The maximum atomic E-state index is 13.1. The number of pyridine rings is 1. The molecule has 7 nitrogen and oxygen atoms in total. The summed E-state index contributed by atoms with van der Waals surface area (Å²) in [6, 6.07) is 22.3. The Morgan fingerprint density at radius 3 is 2.42 bits per heavy atom. The Kier molecular flexibility index (Phi) is 5.36. The lowest BCUT2D eigenvalue weighted by atomic mass is 10.1. The van der Waals surface area contributed by atoms with E-state index < -0.39 is 0 Å². The number of nitrogens with zero attached hydrogens (tertiary/aromatic N) is 3. The first-order valence-corrected chi connectivity index (χ1v) is 10.6. The van der Waals surface area contributed by atoms with Crippen LogP contribution in [0.3, 0.4) is 0 Å². The number of methoxy groups -OCH3 is 1. The van der Waals surface area contributed by atoms with Gasteiger partial charge in [0.2, 0.25) is 0 Å². The Hall–Kier alpha value is -4.39. The first-order valence-electron chi connectivity index (χ1n) is 10.6. The van der Waals surface area contributed by atoms with E-state index in [0.29, 0.717) is 29.8 Å². The summed E-state index contributed by atoms with van der Waals surface area (Å²) in [5.74, 6) is 0.620. The highest BCUT2D eigenvalue weighted by Gasteiger charge is 2.12. The van der Waals surface area contributed by atoms with E-state index in [9.17, 15) is 9.59 Å². The average Bonchev–Trinajstić information content (AvgIpc) is 3.36. The zero-order valence-electron chi connectivity index (χ0n) is 18.1. The molecule has 3 aromatic heterocycles. The third-order valence-corrected chi connectivity index (χ3v) is 5.66. The Morgan fingerprint density at radius 2 is 1.67 bits per heavy atom. The van der Waals surface area contributed by atoms with Crippen molar-refractivity contribution >= 4 is 22.6 Å². The molecule has 0 fully saturated rings. The highest BCUT2D eigenvalue weighted by molar-refractivity contribution is 5.94. The Labute approximate surface area is 189 Å². The van der Waals surface area contributed by atoms with Crippen molar-refractivity contribution in [3.05, 3.63) is 112 Å². The van der Waals surface area contributed by atoms with Gasteiger partial charge in [0.05, 0.1) is 19.2 Å². The molecule has 0 radical (unpaired) electrons. The van der Waals surface area contributed by atoms with Gasteiger partial charge in [-0.15, -0.1) is 0 Å². The highest BCUT2D eigenvalue weighted by atomic mass is 16.5. The molecule has 5 rings (SSSR count). The van der Waals surface area contributed by atoms with Crippen molar-refractivity contribution in [3.8, 4) is 5.75 Å². The van der Waals surface area contributed by atoms with Crippen molar-refractivity contribution in [2.24, 2.45) is 0 Å². The van der Waals surface area contributed by atoms with Crippen LogP contribution in [0.4, 0.5) is 0 Å². The predicted molar refractivity (Wildman–Crippen MR) is 127 cm³/mol. The summed E-state index contributed by atoms with van der Waals surface area (Å²) < 4.78 is 8.68. The Morgan fingerprint density at radius 1 is 0.939 bits per heavy atom.